The zero-order valence-electron chi connectivity index (χ0n) is 22.0. The van der Waals surface area contributed by atoms with Crippen molar-refractivity contribution >= 4 is 0 Å². The van der Waals surface area contributed by atoms with Gasteiger partial charge in [0.15, 0.2) is 0 Å². The number of hydrogen-bond donors (Lipinski definition) is 0. The first kappa shape index (κ1) is 29.4. The number of benzene rings is 2. The molecule has 0 fully saturated rings. The van der Waals surface area contributed by atoms with Crippen LogP contribution in [-0.4, -0.2) is 12.2 Å². The van der Waals surface area contributed by atoms with Gasteiger partial charge in [-0.3, -0.25) is 0 Å². The summed E-state index contributed by atoms with van der Waals surface area (Å²) in [7, 11) is 0. The van der Waals surface area contributed by atoms with Gasteiger partial charge in [-0.05, 0) is 73.1 Å². The molecule has 174 valence electrons. The second-order valence-electron chi connectivity index (χ2n) is 9.81. The van der Waals surface area contributed by atoms with Crippen LogP contribution < -0.4 is 18.9 Å². The van der Waals surface area contributed by atoms with E-state index in [-0.39, 0.29) is 24.5 Å². The molecule has 0 heterocycles. The van der Waals surface area contributed by atoms with E-state index in [9.17, 15) is 0 Å². The third kappa shape index (κ3) is 13.0. The zero-order chi connectivity index (χ0) is 23.2. The fourth-order valence-corrected chi connectivity index (χ4v) is 3.83. The molecule has 2 rings (SSSR count). The summed E-state index contributed by atoms with van der Waals surface area (Å²) < 4.78 is 5.81. The van der Waals surface area contributed by atoms with Gasteiger partial charge in [0.25, 0.3) is 0 Å². The van der Waals surface area contributed by atoms with Crippen LogP contribution in [-0.2, 0) is 4.74 Å². The van der Waals surface area contributed by atoms with E-state index in [1.807, 2.05) is 0 Å². The van der Waals surface area contributed by atoms with Gasteiger partial charge in [0, 0.05) is 6.61 Å². The molecule has 0 saturated carbocycles. The van der Waals surface area contributed by atoms with E-state index in [4.69, 9.17) is 4.74 Å². The van der Waals surface area contributed by atoms with Crippen LogP contribution in [0.25, 0.3) is 0 Å². The van der Waals surface area contributed by atoms with Crippen molar-refractivity contribution in [1.29, 1.82) is 0 Å². The van der Waals surface area contributed by atoms with Crippen LogP contribution in [0.5, 0.6) is 0 Å². The molecule has 2 aromatic carbocycles. The fourth-order valence-electron chi connectivity index (χ4n) is 3.83. The summed E-state index contributed by atoms with van der Waals surface area (Å²) in [6, 6.07) is 21.6. The Kier molecular flexibility index (Phi) is 14.3. The van der Waals surface area contributed by atoms with Crippen molar-refractivity contribution in [2.75, 3.05) is 6.61 Å². The molecule has 1 nitrogen and oxygen atoms in total. The van der Waals surface area contributed by atoms with Gasteiger partial charge in [0.2, 0.25) is 0 Å². The van der Waals surface area contributed by atoms with E-state index in [2.05, 4.69) is 107 Å². The Bertz CT molecular complexity index is 776. The maximum absolute atomic E-state index is 5.81. The van der Waals surface area contributed by atoms with Crippen LogP contribution in [0.3, 0.4) is 0 Å². The Balaban J connectivity index is 0.00000544. The van der Waals surface area contributed by atoms with E-state index in [1.54, 1.807) is 0 Å². The monoisotopic (exact) mass is 438 g/mol. The van der Waals surface area contributed by atoms with Gasteiger partial charge in [0.05, 0.1) is 5.60 Å². The minimum absolute atomic E-state index is 0. The molecule has 0 saturated heterocycles. The molecule has 0 atom stereocenters. The molecule has 0 N–H and O–H groups in total. The molecule has 0 radical (unpaired) electrons. The van der Waals surface area contributed by atoms with Gasteiger partial charge in [-0.25, -0.2) is 0 Å². The average Bonchev–Trinajstić information content (AvgIpc) is 2.77. The number of hydrogen-bond acceptors (Lipinski definition) is 1. The molecule has 0 amide bonds. The largest absolute Gasteiger partial charge is 1.00 e. The van der Waals surface area contributed by atoms with Crippen molar-refractivity contribution in [1.82, 2.24) is 0 Å². The van der Waals surface area contributed by atoms with Gasteiger partial charge in [-0.2, -0.15) is 0 Å². The first-order chi connectivity index (χ1) is 15.3. The van der Waals surface area contributed by atoms with Crippen LogP contribution in [0, 0.1) is 5.92 Å². The van der Waals surface area contributed by atoms with Crippen molar-refractivity contribution in [3.63, 3.8) is 0 Å². The molecule has 0 aliphatic heterocycles. The molecule has 0 aliphatic rings. The van der Waals surface area contributed by atoms with Crippen molar-refractivity contribution in [2.45, 2.75) is 85.2 Å². The Morgan fingerprint density at radius 2 is 1.27 bits per heavy atom. The van der Waals surface area contributed by atoms with Gasteiger partial charge < -0.3 is 4.74 Å². The van der Waals surface area contributed by atoms with Crippen LogP contribution in [0.15, 0.2) is 84.0 Å². The molecule has 33 heavy (non-hydrogen) atoms. The minimum Gasteiger partial charge on any atom is -0.376 e. The van der Waals surface area contributed by atoms with Crippen molar-refractivity contribution in [2.24, 2.45) is 0 Å². The smallest absolute Gasteiger partial charge is 0.376 e. The van der Waals surface area contributed by atoms with E-state index < -0.39 is 0 Å². The summed E-state index contributed by atoms with van der Waals surface area (Å²) in [4.78, 5) is 0. The summed E-state index contributed by atoms with van der Waals surface area (Å²) in [5.74, 6) is 1.43. The first-order valence-corrected chi connectivity index (χ1v) is 12.3. The molecular weight excluding hydrogens is 395 g/mol. The van der Waals surface area contributed by atoms with Crippen molar-refractivity contribution < 1.29 is 23.6 Å². The Morgan fingerprint density at radius 3 is 1.82 bits per heavy atom. The standard InChI is InChI=1S/C31H43O.Li/c1-26(16-12-13-25-32-31(3,4)5)17-14-18-27(2)19-15-24-30(28-20-8-6-9-21-28)29-22-10-7-11-23-29;/h6-11,17,19-23H,12-16,18,24-25H2,1-5H3;/q-1;+1/b26-17+,27-19+;. The molecule has 0 aromatic heterocycles. The van der Waals surface area contributed by atoms with Gasteiger partial charge in [-0.1, -0.05) is 66.1 Å². The normalized spacial score (nSPS) is 12.4. The number of unbranched alkanes of at least 4 members (excludes halogenated alkanes) is 1. The fraction of sp³-hybridized carbons (Fsp3) is 0.452. The minimum atomic E-state index is -0.0184. The SMILES string of the molecule is C/C(=C\CC[C-](c1ccccc1)c1ccccc1)CC/C=C(\C)CCCCOC(C)(C)C.[Li+]. The topological polar surface area (TPSA) is 9.23 Å². The van der Waals surface area contributed by atoms with Crippen LogP contribution in [0.4, 0.5) is 0 Å². The van der Waals surface area contributed by atoms with Crippen molar-refractivity contribution in [3.8, 4) is 0 Å². The van der Waals surface area contributed by atoms with E-state index in [1.165, 1.54) is 41.0 Å². The Morgan fingerprint density at radius 1 is 0.758 bits per heavy atom. The van der Waals surface area contributed by atoms with Crippen molar-refractivity contribution in [3.05, 3.63) is 101 Å². The second kappa shape index (κ2) is 16.1. The predicted molar refractivity (Wildman–Crippen MR) is 140 cm³/mol. The van der Waals surface area contributed by atoms with Crippen LogP contribution in [0.2, 0.25) is 0 Å². The molecule has 0 aliphatic carbocycles. The number of allylic oxidation sites excluding steroid dienone is 4. The number of ether oxygens (including phenoxy) is 1. The average molecular weight is 439 g/mol. The third-order valence-corrected chi connectivity index (χ3v) is 5.66. The predicted octanol–water partition coefficient (Wildman–Crippen LogP) is 6.10. The summed E-state index contributed by atoms with van der Waals surface area (Å²) in [5, 5.41) is 0. The number of rotatable bonds is 13. The molecule has 0 unspecified atom stereocenters. The summed E-state index contributed by atoms with van der Waals surface area (Å²) in [6.07, 6.45) is 12.8. The molecule has 0 spiro atoms. The zero-order valence-corrected chi connectivity index (χ0v) is 22.0. The first-order valence-electron chi connectivity index (χ1n) is 12.3. The Hall–Kier alpha value is -1.65. The molecule has 2 aromatic rings. The quantitative estimate of drug-likeness (QED) is 0.159. The van der Waals surface area contributed by atoms with E-state index in [0.29, 0.717) is 0 Å². The second-order valence-corrected chi connectivity index (χ2v) is 9.81. The summed E-state index contributed by atoms with van der Waals surface area (Å²) in [6.45, 7) is 11.8. The maximum atomic E-state index is 5.81. The van der Waals surface area contributed by atoms with Gasteiger partial charge >= 0.3 is 18.9 Å². The molecular formula is C31H43LiO. The Labute approximate surface area is 215 Å². The van der Waals surface area contributed by atoms with Crippen LogP contribution >= 0.6 is 0 Å². The van der Waals surface area contributed by atoms with Gasteiger partial charge in [-0.15, -0.1) is 41.3 Å². The van der Waals surface area contributed by atoms with E-state index >= 15 is 0 Å². The summed E-state index contributed by atoms with van der Waals surface area (Å²) in [5.41, 5.74) is 5.65. The van der Waals surface area contributed by atoms with Gasteiger partial charge in [0.1, 0.15) is 0 Å². The van der Waals surface area contributed by atoms with Crippen LogP contribution in [0.1, 0.15) is 90.7 Å². The maximum Gasteiger partial charge on any atom is 1.00 e. The summed E-state index contributed by atoms with van der Waals surface area (Å²) >= 11 is 0. The van der Waals surface area contributed by atoms with E-state index in [0.717, 1.165) is 38.7 Å². The molecule has 2 heteroatoms. The molecule has 0 bridgehead atoms. The third-order valence-electron chi connectivity index (χ3n) is 5.66.